The average molecular weight is 222 g/mol. The lowest BCUT2D eigenvalue weighted by atomic mass is 10.2. The predicted molar refractivity (Wildman–Crippen MR) is 54.4 cm³/mol. The molecule has 0 aromatic carbocycles. The number of thiazole rings is 1. The first-order valence-corrected chi connectivity index (χ1v) is 5.70. The molecule has 6 heteroatoms. The van der Waals surface area contributed by atoms with E-state index in [1.165, 1.54) is 11.3 Å². The molecule has 1 fully saturated rings. The van der Waals surface area contributed by atoms with E-state index in [2.05, 4.69) is 15.1 Å². The summed E-state index contributed by atoms with van der Waals surface area (Å²) in [6.07, 6.45) is 4.04. The quantitative estimate of drug-likeness (QED) is 0.850. The van der Waals surface area contributed by atoms with Crippen LogP contribution in [0.5, 0.6) is 0 Å². The van der Waals surface area contributed by atoms with E-state index in [4.69, 9.17) is 10.3 Å². The first kappa shape index (κ1) is 8.99. The van der Waals surface area contributed by atoms with E-state index in [0.717, 1.165) is 23.6 Å². The molecule has 78 valence electrons. The zero-order chi connectivity index (χ0) is 10.3. The molecule has 0 bridgehead atoms. The van der Waals surface area contributed by atoms with E-state index in [1.807, 2.05) is 0 Å². The molecule has 2 N–H and O–H groups in total. The summed E-state index contributed by atoms with van der Waals surface area (Å²) in [6.45, 7) is 0. The Kier molecular flexibility index (Phi) is 2.03. The lowest BCUT2D eigenvalue weighted by Crippen LogP contribution is -2.12. The van der Waals surface area contributed by atoms with Crippen LogP contribution in [0.15, 0.2) is 16.2 Å². The molecule has 2 aromatic heterocycles. The second-order valence-electron chi connectivity index (χ2n) is 3.65. The van der Waals surface area contributed by atoms with Gasteiger partial charge in [-0.1, -0.05) is 5.16 Å². The summed E-state index contributed by atoms with van der Waals surface area (Å²) < 4.78 is 5.15. The monoisotopic (exact) mass is 222 g/mol. The summed E-state index contributed by atoms with van der Waals surface area (Å²) in [5.74, 6) is 1.76. The fourth-order valence-electron chi connectivity index (χ4n) is 1.38. The van der Waals surface area contributed by atoms with Crippen molar-refractivity contribution in [3.05, 3.63) is 28.3 Å². The van der Waals surface area contributed by atoms with Crippen LogP contribution in [0.4, 0.5) is 0 Å². The predicted octanol–water partition coefficient (Wildman–Crippen LogP) is 1.45. The Bertz CT molecular complexity index is 448. The highest BCUT2D eigenvalue weighted by atomic mass is 32.1. The third-order valence-electron chi connectivity index (χ3n) is 2.42. The maximum absolute atomic E-state index is 5.98. The van der Waals surface area contributed by atoms with E-state index in [-0.39, 0.29) is 6.04 Å². The van der Waals surface area contributed by atoms with E-state index in [1.54, 1.807) is 11.7 Å². The summed E-state index contributed by atoms with van der Waals surface area (Å²) in [5.41, 5.74) is 7.73. The Morgan fingerprint density at radius 2 is 2.40 bits per heavy atom. The Hall–Kier alpha value is -1.27. The number of hydrogen-bond donors (Lipinski definition) is 1. The molecule has 0 amide bonds. The van der Waals surface area contributed by atoms with Crippen LogP contribution in [-0.2, 0) is 0 Å². The highest BCUT2D eigenvalue weighted by Gasteiger charge is 2.30. The molecule has 0 saturated heterocycles. The van der Waals surface area contributed by atoms with Gasteiger partial charge in [0.15, 0.2) is 5.82 Å². The minimum atomic E-state index is -0.311. The van der Waals surface area contributed by atoms with Crippen molar-refractivity contribution in [2.24, 2.45) is 5.73 Å². The molecule has 3 rings (SSSR count). The maximum Gasteiger partial charge on any atom is 0.229 e. The molecule has 1 saturated carbocycles. The first-order valence-electron chi connectivity index (χ1n) is 4.82. The van der Waals surface area contributed by atoms with Crippen molar-refractivity contribution >= 4 is 11.3 Å². The van der Waals surface area contributed by atoms with Crippen LogP contribution < -0.4 is 5.73 Å². The molecule has 1 unspecified atom stereocenters. The summed E-state index contributed by atoms with van der Waals surface area (Å²) in [6, 6.07) is -0.311. The normalized spacial score (nSPS) is 17.9. The number of nitrogens with zero attached hydrogens (tertiary/aromatic N) is 3. The Labute approximate surface area is 90.3 Å². The molecule has 1 aliphatic carbocycles. The number of aromatic nitrogens is 3. The molecule has 5 nitrogen and oxygen atoms in total. The second-order valence-corrected chi connectivity index (χ2v) is 4.56. The third kappa shape index (κ3) is 1.66. The van der Waals surface area contributed by atoms with Gasteiger partial charge < -0.3 is 10.3 Å². The molecular formula is C9H10N4OS. The van der Waals surface area contributed by atoms with E-state index >= 15 is 0 Å². The minimum absolute atomic E-state index is 0.311. The lowest BCUT2D eigenvalue weighted by molar-refractivity contribution is 0.372. The highest BCUT2D eigenvalue weighted by molar-refractivity contribution is 7.09. The van der Waals surface area contributed by atoms with Gasteiger partial charge in [-0.3, -0.25) is 4.98 Å². The molecule has 1 atom stereocenters. The number of hydrogen-bond acceptors (Lipinski definition) is 6. The van der Waals surface area contributed by atoms with E-state index in [0.29, 0.717) is 11.7 Å². The average Bonchev–Trinajstić information content (AvgIpc) is 2.83. The van der Waals surface area contributed by atoms with Gasteiger partial charge in [0.1, 0.15) is 6.04 Å². The zero-order valence-corrected chi connectivity index (χ0v) is 8.78. The summed E-state index contributed by atoms with van der Waals surface area (Å²) in [5, 5.41) is 3.90. The van der Waals surface area contributed by atoms with Gasteiger partial charge >= 0.3 is 0 Å². The summed E-state index contributed by atoms with van der Waals surface area (Å²) >= 11 is 1.50. The van der Waals surface area contributed by atoms with Gasteiger partial charge in [0.25, 0.3) is 0 Å². The fraction of sp³-hybridized carbons (Fsp3) is 0.444. The van der Waals surface area contributed by atoms with Crippen LogP contribution in [-0.4, -0.2) is 15.1 Å². The Balaban J connectivity index is 1.85. The van der Waals surface area contributed by atoms with Gasteiger partial charge in [-0.15, -0.1) is 11.3 Å². The fourth-order valence-corrected chi connectivity index (χ4v) is 1.99. The van der Waals surface area contributed by atoms with Crippen LogP contribution in [0.3, 0.4) is 0 Å². The standard InChI is InChI=1S/C9H10N4OS/c10-7(6-3-11-4-15-6)8-12-9(14-13-8)5-1-2-5/h3-5,7H,1-2,10H2. The van der Waals surface area contributed by atoms with Crippen LogP contribution >= 0.6 is 11.3 Å². The summed E-state index contributed by atoms with van der Waals surface area (Å²) in [4.78, 5) is 9.24. The van der Waals surface area contributed by atoms with Crippen molar-refractivity contribution < 1.29 is 4.52 Å². The minimum Gasteiger partial charge on any atom is -0.339 e. The summed E-state index contributed by atoms with van der Waals surface area (Å²) in [7, 11) is 0. The largest absolute Gasteiger partial charge is 0.339 e. The molecule has 0 spiro atoms. The second kappa shape index (κ2) is 3.39. The highest BCUT2D eigenvalue weighted by Crippen LogP contribution is 2.39. The van der Waals surface area contributed by atoms with Crippen molar-refractivity contribution in [1.29, 1.82) is 0 Å². The van der Waals surface area contributed by atoms with E-state index in [9.17, 15) is 0 Å². The van der Waals surface area contributed by atoms with Gasteiger partial charge in [0.05, 0.1) is 5.51 Å². The molecule has 2 aromatic rings. The Morgan fingerprint density at radius 1 is 1.53 bits per heavy atom. The van der Waals surface area contributed by atoms with Crippen molar-refractivity contribution in [2.45, 2.75) is 24.8 Å². The van der Waals surface area contributed by atoms with Crippen LogP contribution in [0, 0.1) is 0 Å². The van der Waals surface area contributed by atoms with Crippen molar-refractivity contribution in [3.8, 4) is 0 Å². The number of rotatable bonds is 3. The maximum atomic E-state index is 5.98. The van der Waals surface area contributed by atoms with Crippen molar-refractivity contribution in [3.63, 3.8) is 0 Å². The van der Waals surface area contributed by atoms with Crippen molar-refractivity contribution in [2.75, 3.05) is 0 Å². The Morgan fingerprint density at radius 3 is 3.07 bits per heavy atom. The van der Waals surface area contributed by atoms with Crippen LogP contribution in [0.25, 0.3) is 0 Å². The molecule has 0 aliphatic heterocycles. The zero-order valence-electron chi connectivity index (χ0n) is 7.96. The molecule has 0 radical (unpaired) electrons. The third-order valence-corrected chi connectivity index (χ3v) is 3.28. The lowest BCUT2D eigenvalue weighted by Gasteiger charge is -2.00. The van der Waals surface area contributed by atoms with E-state index < -0.39 is 0 Å². The van der Waals surface area contributed by atoms with Gasteiger partial charge in [-0.2, -0.15) is 4.98 Å². The van der Waals surface area contributed by atoms with Gasteiger partial charge in [-0.25, -0.2) is 0 Å². The molecule has 1 aliphatic rings. The van der Waals surface area contributed by atoms with Crippen molar-refractivity contribution in [1.82, 2.24) is 15.1 Å². The molecule has 15 heavy (non-hydrogen) atoms. The van der Waals surface area contributed by atoms with Crippen LogP contribution in [0.2, 0.25) is 0 Å². The van der Waals surface area contributed by atoms with Gasteiger partial charge in [0, 0.05) is 17.0 Å². The number of nitrogens with two attached hydrogens (primary N) is 1. The van der Waals surface area contributed by atoms with Gasteiger partial charge in [-0.05, 0) is 12.8 Å². The topological polar surface area (TPSA) is 77.8 Å². The molecular weight excluding hydrogens is 212 g/mol. The first-order chi connectivity index (χ1) is 7.34. The smallest absolute Gasteiger partial charge is 0.229 e. The van der Waals surface area contributed by atoms with Crippen LogP contribution in [0.1, 0.15) is 41.4 Å². The molecule has 2 heterocycles. The SMILES string of the molecule is NC(c1noc(C2CC2)n1)c1cncs1. The van der Waals surface area contributed by atoms with Gasteiger partial charge in [0.2, 0.25) is 5.89 Å².